The van der Waals surface area contributed by atoms with Gasteiger partial charge in [-0.1, -0.05) is 6.07 Å². The number of phenolic OH excluding ortho intramolecular Hbond substituents is 1. The molecule has 2 rings (SSSR count). The molecule has 0 spiro atoms. The molecule has 0 aromatic heterocycles. The number of carbonyl (C=O) groups is 1. The maximum absolute atomic E-state index is 12.0. The van der Waals surface area contributed by atoms with Crippen LogP contribution in [0.1, 0.15) is 15.9 Å². The SMILES string of the molecule is CN(C)c1cccc(C(=O)N/N=C/c2ccc(O)cc2)c1. The van der Waals surface area contributed by atoms with Crippen LogP contribution in [-0.4, -0.2) is 31.3 Å². The number of nitrogens with zero attached hydrogens (tertiary/aromatic N) is 2. The molecule has 21 heavy (non-hydrogen) atoms. The van der Waals surface area contributed by atoms with E-state index >= 15 is 0 Å². The Kier molecular flexibility index (Phi) is 4.56. The number of benzene rings is 2. The molecule has 0 bridgehead atoms. The molecule has 0 fully saturated rings. The highest BCUT2D eigenvalue weighted by Gasteiger charge is 2.05. The minimum Gasteiger partial charge on any atom is -0.508 e. The first kappa shape index (κ1) is 14.6. The number of anilines is 1. The summed E-state index contributed by atoms with van der Waals surface area (Å²) in [5.41, 5.74) is 4.76. The third kappa shape index (κ3) is 4.07. The highest BCUT2D eigenvalue weighted by molar-refractivity contribution is 5.95. The third-order valence-electron chi connectivity index (χ3n) is 2.90. The Morgan fingerprint density at radius 1 is 1.19 bits per heavy atom. The summed E-state index contributed by atoms with van der Waals surface area (Å²) in [6, 6.07) is 13.8. The lowest BCUT2D eigenvalue weighted by Gasteiger charge is -2.12. The van der Waals surface area contributed by atoms with Crippen LogP contribution in [0, 0.1) is 0 Å². The van der Waals surface area contributed by atoms with Crippen molar-refractivity contribution < 1.29 is 9.90 Å². The smallest absolute Gasteiger partial charge is 0.271 e. The molecule has 2 aromatic carbocycles. The molecule has 5 nitrogen and oxygen atoms in total. The lowest BCUT2D eigenvalue weighted by atomic mass is 10.2. The van der Waals surface area contributed by atoms with Gasteiger partial charge in [-0.15, -0.1) is 0 Å². The zero-order chi connectivity index (χ0) is 15.2. The van der Waals surface area contributed by atoms with Gasteiger partial charge in [0.2, 0.25) is 0 Å². The van der Waals surface area contributed by atoms with Gasteiger partial charge in [-0.25, -0.2) is 5.43 Å². The molecule has 0 aliphatic rings. The van der Waals surface area contributed by atoms with E-state index in [1.165, 1.54) is 6.21 Å². The third-order valence-corrected chi connectivity index (χ3v) is 2.90. The van der Waals surface area contributed by atoms with E-state index in [9.17, 15) is 9.90 Å². The Morgan fingerprint density at radius 3 is 2.57 bits per heavy atom. The standard InChI is InChI=1S/C16H17N3O2/c1-19(2)14-5-3-4-13(10-14)16(21)18-17-11-12-6-8-15(20)9-7-12/h3-11,20H,1-2H3,(H,18,21)/b17-11+. The minimum atomic E-state index is -0.270. The van der Waals surface area contributed by atoms with Crippen LogP contribution in [0.4, 0.5) is 5.69 Å². The molecule has 5 heteroatoms. The van der Waals surface area contributed by atoms with Crippen molar-refractivity contribution in [2.45, 2.75) is 0 Å². The minimum absolute atomic E-state index is 0.191. The van der Waals surface area contributed by atoms with E-state index in [1.807, 2.05) is 31.1 Å². The van der Waals surface area contributed by atoms with Crippen molar-refractivity contribution in [3.63, 3.8) is 0 Å². The highest BCUT2D eigenvalue weighted by Crippen LogP contribution is 2.13. The van der Waals surface area contributed by atoms with E-state index in [2.05, 4.69) is 10.5 Å². The molecule has 0 unspecified atom stereocenters. The van der Waals surface area contributed by atoms with Crippen molar-refractivity contribution in [2.75, 3.05) is 19.0 Å². The van der Waals surface area contributed by atoms with E-state index in [1.54, 1.807) is 36.4 Å². The zero-order valence-electron chi connectivity index (χ0n) is 11.9. The van der Waals surface area contributed by atoms with Crippen molar-refractivity contribution >= 4 is 17.8 Å². The predicted octanol–water partition coefficient (Wildman–Crippen LogP) is 2.22. The lowest BCUT2D eigenvalue weighted by Crippen LogP contribution is -2.18. The van der Waals surface area contributed by atoms with Crippen molar-refractivity contribution in [1.82, 2.24) is 5.43 Å². The highest BCUT2D eigenvalue weighted by atomic mass is 16.3. The molecular formula is C16H17N3O2. The van der Waals surface area contributed by atoms with Crippen LogP contribution >= 0.6 is 0 Å². The van der Waals surface area contributed by atoms with E-state index < -0.39 is 0 Å². The number of nitrogens with one attached hydrogen (secondary N) is 1. The largest absolute Gasteiger partial charge is 0.508 e. The van der Waals surface area contributed by atoms with E-state index in [4.69, 9.17) is 0 Å². The summed E-state index contributed by atoms with van der Waals surface area (Å²) in [6.45, 7) is 0. The Labute approximate surface area is 123 Å². The first-order valence-corrected chi connectivity index (χ1v) is 6.46. The summed E-state index contributed by atoms with van der Waals surface area (Å²) in [5.74, 6) is -0.0783. The fraction of sp³-hybridized carbons (Fsp3) is 0.125. The van der Waals surface area contributed by atoms with Crippen molar-refractivity contribution in [2.24, 2.45) is 5.10 Å². The molecule has 1 amide bonds. The van der Waals surface area contributed by atoms with Crippen LogP contribution in [0.3, 0.4) is 0 Å². The van der Waals surface area contributed by atoms with Gasteiger partial charge in [-0.05, 0) is 48.0 Å². The van der Waals surface area contributed by atoms with Crippen LogP contribution < -0.4 is 10.3 Å². The second kappa shape index (κ2) is 6.56. The summed E-state index contributed by atoms with van der Waals surface area (Å²) >= 11 is 0. The molecule has 108 valence electrons. The topological polar surface area (TPSA) is 64.9 Å². The molecule has 0 heterocycles. The molecule has 0 radical (unpaired) electrons. The summed E-state index contributed by atoms with van der Waals surface area (Å²) in [5, 5.41) is 13.1. The maximum atomic E-state index is 12.0. The number of aromatic hydroxyl groups is 1. The van der Waals surface area contributed by atoms with Crippen LogP contribution in [0.25, 0.3) is 0 Å². The van der Waals surface area contributed by atoms with Crippen molar-refractivity contribution in [3.05, 3.63) is 59.7 Å². The molecule has 2 N–H and O–H groups in total. The average Bonchev–Trinajstić information content (AvgIpc) is 2.49. The van der Waals surface area contributed by atoms with Crippen molar-refractivity contribution in [1.29, 1.82) is 0 Å². The molecule has 0 aliphatic carbocycles. The fourth-order valence-corrected chi connectivity index (χ4v) is 1.72. The van der Waals surface area contributed by atoms with E-state index in [0.717, 1.165) is 11.3 Å². The molecule has 2 aromatic rings. The first-order chi connectivity index (χ1) is 10.1. The number of carbonyl (C=O) groups excluding carboxylic acids is 1. The number of phenols is 1. The van der Waals surface area contributed by atoms with Crippen LogP contribution in [0.15, 0.2) is 53.6 Å². The van der Waals surface area contributed by atoms with E-state index in [0.29, 0.717) is 5.56 Å². The number of hydrogen-bond donors (Lipinski definition) is 2. The molecule has 0 aliphatic heterocycles. The summed E-state index contributed by atoms with van der Waals surface area (Å²) in [7, 11) is 3.83. The summed E-state index contributed by atoms with van der Waals surface area (Å²) in [4.78, 5) is 13.9. The number of hydrogen-bond acceptors (Lipinski definition) is 4. The Hall–Kier alpha value is -2.82. The Morgan fingerprint density at radius 2 is 1.90 bits per heavy atom. The molecular weight excluding hydrogens is 266 g/mol. The summed E-state index contributed by atoms with van der Waals surface area (Å²) < 4.78 is 0. The van der Waals surface area contributed by atoms with Gasteiger partial charge >= 0.3 is 0 Å². The molecule has 0 atom stereocenters. The van der Waals surface area contributed by atoms with E-state index in [-0.39, 0.29) is 11.7 Å². The van der Waals surface area contributed by atoms with Gasteiger partial charge in [-0.3, -0.25) is 4.79 Å². The molecule has 0 saturated heterocycles. The predicted molar refractivity (Wildman–Crippen MR) is 83.9 cm³/mol. The van der Waals surface area contributed by atoms with Crippen LogP contribution in [0.5, 0.6) is 5.75 Å². The normalized spacial score (nSPS) is 10.6. The fourth-order valence-electron chi connectivity index (χ4n) is 1.72. The van der Waals surface area contributed by atoms with Crippen LogP contribution in [0.2, 0.25) is 0 Å². The van der Waals surface area contributed by atoms with Crippen molar-refractivity contribution in [3.8, 4) is 5.75 Å². The Balaban J connectivity index is 2.01. The maximum Gasteiger partial charge on any atom is 0.271 e. The van der Waals surface area contributed by atoms with Gasteiger partial charge in [-0.2, -0.15) is 5.10 Å². The van der Waals surface area contributed by atoms with Crippen LogP contribution in [-0.2, 0) is 0 Å². The molecule has 0 saturated carbocycles. The number of rotatable bonds is 4. The quantitative estimate of drug-likeness (QED) is 0.668. The van der Waals surface area contributed by atoms with Gasteiger partial charge in [0.05, 0.1) is 6.21 Å². The second-order valence-corrected chi connectivity index (χ2v) is 4.74. The monoisotopic (exact) mass is 283 g/mol. The first-order valence-electron chi connectivity index (χ1n) is 6.46. The van der Waals surface area contributed by atoms with Gasteiger partial charge in [0, 0.05) is 25.3 Å². The number of amides is 1. The van der Waals surface area contributed by atoms with Gasteiger partial charge < -0.3 is 10.0 Å². The number of hydrazone groups is 1. The second-order valence-electron chi connectivity index (χ2n) is 4.74. The van der Waals surface area contributed by atoms with Gasteiger partial charge in [0.1, 0.15) is 5.75 Å². The Bertz CT molecular complexity index is 649. The van der Waals surface area contributed by atoms with Gasteiger partial charge in [0.15, 0.2) is 0 Å². The lowest BCUT2D eigenvalue weighted by molar-refractivity contribution is 0.0955. The average molecular weight is 283 g/mol. The van der Waals surface area contributed by atoms with Gasteiger partial charge in [0.25, 0.3) is 5.91 Å². The zero-order valence-corrected chi connectivity index (χ0v) is 11.9. The summed E-state index contributed by atoms with van der Waals surface area (Å²) in [6.07, 6.45) is 1.52.